The van der Waals surface area contributed by atoms with Gasteiger partial charge >= 0.3 is 6.09 Å². The summed E-state index contributed by atoms with van der Waals surface area (Å²) < 4.78 is 5.55. The number of nitrogens with two attached hydrogens (primary N) is 1. The minimum absolute atomic E-state index is 0.333. The van der Waals surface area contributed by atoms with E-state index < -0.39 is 11.1 Å². The van der Waals surface area contributed by atoms with Gasteiger partial charge in [-0.1, -0.05) is 42.3 Å². The molecule has 1 aromatic rings. The minimum atomic E-state index is -0.950. The molecule has 158 valence electrons. The van der Waals surface area contributed by atoms with Crippen molar-refractivity contribution in [3.05, 3.63) is 42.0 Å². The van der Waals surface area contributed by atoms with Crippen molar-refractivity contribution in [3.63, 3.8) is 0 Å². The monoisotopic (exact) mass is 405 g/mol. The molecule has 5 nitrogen and oxygen atoms in total. The van der Waals surface area contributed by atoms with Gasteiger partial charge in [-0.15, -0.1) is 6.42 Å². The summed E-state index contributed by atoms with van der Waals surface area (Å²) in [6.07, 6.45) is 8.55. The molecule has 1 aliphatic heterocycles. The molecule has 1 aliphatic rings. The first-order valence-corrected chi connectivity index (χ1v) is 10.2. The number of nitrogens with zero attached hydrogens (tertiary/aromatic N) is 2. The zero-order valence-corrected chi connectivity index (χ0v) is 18.5. The predicted molar refractivity (Wildman–Crippen MR) is 123 cm³/mol. The van der Waals surface area contributed by atoms with Crippen molar-refractivity contribution in [2.24, 2.45) is 10.7 Å². The van der Waals surface area contributed by atoms with E-state index in [1.165, 1.54) is 0 Å². The van der Waals surface area contributed by atoms with E-state index in [1.54, 1.807) is 4.90 Å². The van der Waals surface area contributed by atoms with Gasteiger partial charge in [-0.3, -0.25) is 4.90 Å². The first-order valence-electron chi connectivity index (χ1n) is 10.2. The van der Waals surface area contributed by atoms with Crippen LogP contribution in [-0.4, -0.2) is 40.6 Å². The Hall–Kier alpha value is -3.18. The number of rotatable bonds is 4. The third-order valence-corrected chi connectivity index (χ3v) is 4.85. The van der Waals surface area contributed by atoms with Crippen LogP contribution in [0.2, 0.25) is 0 Å². The molecule has 1 amide bonds. The van der Waals surface area contributed by atoms with Gasteiger partial charge in [0.1, 0.15) is 17.0 Å². The molecule has 1 aromatic carbocycles. The predicted octanol–water partition coefficient (Wildman–Crippen LogP) is 4.24. The molecule has 0 bridgehead atoms. The van der Waals surface area contributed by atoms with Crippen LogP contribution in [0.3, 0.4) is 0 Å². The quantitative estimate of drug-likeness (QED) is 0.463. The van der Waals surface area contributed by atoms with Gasteiger partial charge in [-0.05, 0) is 70.4 Å². The molecule has 1 unspecified atom stereocenters. The summed E-state index contributed by atoms with van der Waals surface area (Å²) in [5, 5.41) is 0. The molecule has 2 rings (SSSR count). The Balaban J connectivity index is 2.43. The summed E-state index contributed by atoms with van der Waals surface area (Å²) in [5.74, 6) is 8.49. The second-order valence-electron chi connectivity index (χ2n) is 8.40. The second kappa shape index (κ2) is 9.55. The molecule has 2 atom stereocenters. The maximum atomic E-state index is 12.7. The van der Waals surface area contributed by atoms with Crippen LogP contribution in [0, 0.1) is 24.2 Å². The average molecular weight is 406 g/mol. The van der Waals surface area contributed by atoms with Crippen molar-refractivity contribution in [2.75, 3.05) is 6.54 Å². The highest BCUT2D eigenvalue weighted by molar-refractivity contribution is 5.92. The lowest BCUT2D eigenvalue weighted by atomic mass is 9.87. The van der Waals surface area contributed by atoms with Crippen LogP contribution >= 0.6 is 0 Å². The van der Waals surface area contributed by atoms with E-state index in [4.69, 9.17) is 21.9 Å². The number of carbonyl (C=O) groups excluding carboxylic acids is 1. The van der Waals surface area contributed by atoms with E-state index in [0.717, 1.165) is 24.0 Å². The number of terminal acetylenes is 1. The third kappa shape index (κ3) is 5.67. The molecular formula is C25H31N3O2. The maximum absolute atomic E-state index is 12.7. The molecule has 5 heteroatoms. The average Bonchev–Trinajstić information content (AvgIpc) is 3.17. The molecule has 0 saturated carbocycles. The number of aliphatic imine (C=N–C) groups is 1. The van der Waals surface area contributed by atoms with Gasteiger partial charge in [0.15, 0.2) is 0 Å². The number of hydrogen-bond donors (Lipinski definition) is 1. The smallest absolute Gasteiger partial charge is 0.410 e. The topological polar surface area (TPSA) is 67.9 Å². The Kier molecular flexibility index (Phi) is 7.35. The Labute approximate surface area is 180 Å². The lowest BCUT2D eigenvalue weighted by molar-refractivity contribution is 0.0265. The molecule has 1 heterocycles. The number of likely N-dealkylation sites (tertiary alicyclic amines) is 1. The number of hydrogen-bond acceptors (Lipinski definition) is 3. The van der Waals surface area contributed by atoms with Crippen molar-refractivity contribution in [2.45, 2.75) is 64.6 Å². The second-order valence-corrected chi connectivity index (χ2v) is 8.40. The van der Waals surface area contributed by atoms with Crippen molar-refractivity contribution in [1.82, 2.24) is 4.90 Å². The molecule has 0 radical (unpaired) electrons. The minimum Gasteiger partial charge on any atom is -0.444 e. The van der Waals surface area contributed by atoms with E-state index in [-0.39, 0.29) is 12.1 Å². The van der Waals surface area contributed by atoms with Crippen LogP contribution in [0.15, 0.2) is 41.4 Å². The summed E-state index contributed by atoms with van der Waals surface area (Å²) in [7, 11) is 0. The molecule has 0 spiro atoms. The molecule has 30 heavy (non-hydrogen) atoms. The van der Waals surface area contributed by atoms with E-state index in [2.05, 4.69) is 17.8 Å². The molecule has 2 N–H and O–H groups in total. The van der Waals surface area contributed by atoms with Crippen molar-refractivity contribution in [3.8, 4) is 24.2 Å². The first kappa shape index (κ1) is 23.1. The normalized spacial score (nSPS) is 19.3. The van der Waals surface area contributed by atoms with Gasteiger partial charge in [-0.25, -0.2) is 9.79 Å². The third-order valence-electron chi connectivity index (χ3n) is 4.85. The Morgan fingerprint density at radius 1 is 1.30 bits per heavy atom. The first-order chi connectivity index (χ1) is 14.1. The van der Waals surface area contributed by atoms with E-state index >= 15 is 0 Å². The van der Waals surface area contributed by atoms with Crippen LogP contribution in [0.25, 0.3) is 5.57 Å². The molecule has 1 saturated heterocycles. The molecule has 0 aromatic heterocycles. The zero-order chi connectivity index (χ0) is 22.4. The van der Waals surface area contributed by atoms with Crippen molar-refractivity contribution < 1.29 is 9.53 Å². The fraction of sp³-hybridized carbons (Fsp3) is 0.440. The lowest BCUT2D eigenvalue weighted by Gasteiger charge is -2.30. The lowest BCUT2D eigenvalue weighted by Crippen LogP contribution is -2.47. The van der Waals surface area contributed by atoms with Crippen LogP contribution in [-0.2, 0) is 4.74 Å². The van der Waals surface area contributed by atoms with Gasteiger partial charge in [0.25, 0.3) is 0 Å². The number of allylic oxidation sites excluding steroid dienone is 1. The SMILES string of the molecule is C#CC#CC(C)(N=C(N)[C@@H]1CCCN1C(=O)OC(C)(C)C)/C(=C\C)c1ccccc1. The number of benzene rings is 1. The van der Waals surface area contributed by atoms with Crippen LogP contribution < -0.4 is 5.73 Å². The van der Waals surface area contributed by atoms with Gasteiger partial charge in [0.2, 0.25) is 0 Å². The van der Waals surface area contributed by atoms with E-state index in [0.29, 0.717) is 12.4 Å². The van der Waals surface area contributed by atoms with Gasteiger partial charge in [-0.2, -0.15) is 0 Å². The highest BCUT2D eigenvalue weighted by Gasteiger charge is 2.36. The Morgan fingerprint density at radius 2 is 1.97 bits per heavy atom. The van der Waals surface area contributed by atoms with E-state index in [9.17, 15) is 4.79 Å². The molecule has 0 aliphatic carbocycles. The van der Waals surface area contributed by atoms with Gasteiger partial charge in [0, 0.05) is 6.54 Å². The van der Waals surface area contributed by atoms with Gasteiger partial charge < -0.3 is 10.5 Å². The highest BCUT2D eigenvalue weighted by atomic mass is 16.6. The summed E-state index contributed by atoms with van der Waals surface area (Å²) in [6, 6.07) is 9.54. The molecule has 1 fully saturated rings. The van der Waals surface area contributed by atoms with Crippen molar-refractivity contribution >= 4 is 17.5 Å². The fourth-order valence-corrected chi connectivity index (χ4v) is 3.61. The van der Waals surface area contributed by atoms with Crippen LogP contribution in [0.1, 0.15) is 53.0 Å². The summed E-state index contributed by atoms with van der Waals surface area (Å²) >= 11 is 0. The van der Waals surface area contributed by atoms with Crippen LogP contribution in [0.4, 0.5) is 4.79 Å². The number of amidine groups is 1. The summed E-state index contributed by atoms with van der Waals surface area (Å²) in [5.41, 5.74) is 6.81. The fourth-order valence-electron chi connectivity index (χ4n) is 3.61. The van der Waals surface area contributed by atoms with Gasteiger partial charge in [0.05, 0.1) is 6.04 Å². The standard InChI is InChI=1S/C25H31N3O2/c1-7-9-17-25(6,20(8-2)19-14-11-10-12-15-19)27-22(26)21-16-13-18-28(21)23(29)30-24(3,4)5/h1,8,10-12,14-15,21H,13,16,18H2,2-6H3,(H2,26,27)/b20-8-/t21-,25?/m0/s1. The highest BCUT2D eigenvalue weighted by Crippen LogP contribution is 2.31. The number of ether oxygens (including phenoxy) is 1. The summed E-state index contributed by atoms with van der Waals surface area (Å²) in [6.45, 7) is 9.94. The van der Waals surface area contributed by atoms with E-state index in [1.807, 2.05) is 71.0 Å². The largest absolute Gasteiger partial charge is 0.444 e. The Morgan fingerprint density at radius 3 is 2.53 bits per heavy atom. The number of amides is 1. The van der Waals surface area contributed by atoms with Crippen LogP contribution in [0.5, 0.6) is 0 Å². The molecular weight excluding hydrogens is 374 g/mol. The Bertz CT molecular complexity index is 923. The summed E-state index contributed by atoms with van der Waals surface area (Å²) in [4.78, 5) is 19.1. The zero-order valence-electron chi connectivity index (χ0n) is 18.5. The number of carbonyl (C=O) groups is 1. The maximum Gasteiger partial charge on any atom is 0.410 e. The van der Waals surface area contributed by atoms with Crippen molar-refractivity contribution in [1.29, 1.82) is 0 Å².